The van der Waals surface area contributed by atoms with Crippen molar-refractivity contribution < 1.29 is 5.11 Å². The Bertz CT molecular complexity index is 710. The molecule has 1 aromatic carbocycles. The molecule has 23 heavy (non-hydrogen) atoms. The number of rotatable bonds is 2. The average molecular weight is 311 g/mol. The zero-order valence-electron chi connectivity index (χ0n) is 14.5. The molecule has 0 spiro atoms. The van der Waals surface area contributed by atoms with E-state index in [1.807, 2.05) is 36.5 Å². The van der Waals surface area contributed by atoms with Crippen molar-refractivity contribution in [2.24, 2.45) is 5.10 Å². The molecule has 0 aromatic heterocycles. The second kappa shape index (κ2) is 5.53. The zero-order chi connectivity index (χ0) is 16.8. The second-order valence-corrected chi connectivity index (χ2v) is 7.19. The molecule has 0 saturated carbocycles. The van der Waals surface area contributed by atoms with Crippen molar-refractivity contribution >= 4 is 11.4 Å². The van der Waals surface area contributed by atoms with Gasteiger partial charge < -0.3 is 5.11 Å². The van der Waals surface area contributed by atoms with Crippen LogP contribution in [0, 0.1) is 0 Å². The van der Waals surface area contributed by atoms with E-state index < -0.39 is 0 Å². The number of phenolic OH excluding ortho intramolecular Hbond substituents is 1. The van der Waals surface area contributed by atoms with Crippen LogP contribution in [0.1, 0.15) is 38.8 Å². The number of hydrazone groups is 1. The fourth-order valence-electron chi connectivity index (χ4n) is 3.06. The predicted octanol–water partition coefficient (Wildman–Crippen LogP) is 3.77. The maximum Gasteiger partial charge on any atom is 0.146 e. The zero-order valence-corrected chi connectivity index (χ0v) is 14.5. The average Bonchev–Trinajstić information content (AvgIpc) is 2.84. The lowest BCUT2D eigenvalue weighted by atomic mass is 9.84. The number of allylic oxidation sites excluding steroid dienone is 2. The molecule has 0 radical (unpaired) electrons. The maximum atomic E-state index is 10.9. The molecule has 1 unspecified atom stereocenters. The van der Waals surface area contributed by atoms with Gasteiger partial charge in [0, 0.05) is 12.6 Å². The highest BCUT2D eigenvalue weighted by Gasteiger charge is 2.33. The molecule has 0 bridgehead atoms. The molecule has 1 aliphatic carbocycles. The Morgan fingerprint density at radius 2 is 1.96 bits per heavy atom. The van der Waals surface area contributed by atoms with Crippen LogP contribution in [0.15, 0.2) is 41.5 Å². The Morgan fingerprint density at radius 3 is 2.57 bits per heavy atom. The van der Waals surface area contributed by atoms with Crippen molar-refractivity contribution in [3.8, 4) is 5.75 Å². The van der Waals surface area contributed by atoms with Crippen molar-refractivity contribution in [3.63, 3.8) is 0 Å². The van der Waals surface area contributed by atoms with E-state index in [1.165, 1.54) is 5.56 Å². The maximum absolute atomic E-state index is 10.9. The number of nitrogens with zero attached hydrogens (tertiary/aromatic N) is 3. The fraction of sp³-hybridized carbons (Fsp3) is 0.421. The van der Waals surface area contributed by atoms with Gasteiger partial charge in [0.15, 0.2) is 0 Å². The standard InChI is InChI=1S/C19H25N3O/c1-6-13-11-14(19(2,3)4)18(23)17(12-13)22-20-15-9-7-8-10-16(15)21(22)5/h7-12,16,23H,6H2,1-5H3. The van der Waals surface area contributed by atoms with Gasteiger partial charge in [-0.15, -0.1) is 0 Å². The van der Waals surface area contributed by atoms with Gasteiger partial charge in [-0.05, 0) is 29.5 Å². The Labute approximate surface area is 138 Å². The Kier molecular flexibility index (Phi) is 3.80. The predicted molar refractivity (Wildman–Crippen MR) is 95.9 cm³/mol. The Hall–Kier alpha value is -2.07. The number of aryl methyl sites for hydroxylation is 1. The van der Waals surface area contributed by atoms with Crippen molar-refractivity contribution in [3.05, 3.63) is 47.6 Å². The van der Waals surface area contributed by atoms with Gasteiger partial charge in [0.25, 0.3) is 0 Å². The van der Waals surface area contributed by atoms with Crippen LogP contribution < -0.4 is 5.12 Å². The van der Waals surface area contributed by atoms with Gasteiger partial charge >= 0.3 is 0 Å². The highest BCUT2D eigenvalue weighted by atomic mass is 16.3. The molecular formula is C19H25N3O. The normalized spacial score (nSPS) is 20.8. The van der Waals surface area contributed by atoms with E-state index in [9.17, 15) is 5.11 Å². The van der Waals surface area contributed by atoms with Crippen molar-refractivity contribution in [2.45, 2.75) is 45.6 Å². The number of anilines is 1. The molecule has 0 amide bonds. The van der Waals surface area contributed by atoms with E-state index in [4.69, 9.17) is 5.10 Å². The number of hydrazine groups is 1. The summed E-state index contributed by atoms with van der Waals surface area (Å²) < 4.78 is 0. The molecule has 1 N–H and O–H groups in total. The van der Waals surface area contributed by atoms with Crippen LogP contribution in [0.5, 0.6) is 5.75 Å². The first-order chi connectivity index (χ1) is 10.8. The summed E-state index contributed by atoms with van der Waals surface area (Å²) in [5.74, 6) is 0.317. The van der Waals surface area contributed by atoms with E-state index >= 15 is 0 Å². The molecule has 4 nitrogen and oxygen atoms in total. The third kappa shape index (κ3) is 2.68. The van der Waals surface area contributed by atoms with Crippen molar-refractivity contribution in [1.29, 1.82) is 0 Å². The smallest absolute Gasteiger partial charge is 0.146 e. The molecule has 3 rings (SSSR count). The number of benzene rings is 1. The van der Waals surface area contributed by atoms with Crippen LogP contribution in [0.3, 0.4) is 0 Å². The number of hydrogen-bond acceptors (Lipinski definition) is 4. The summed E-state index contributed by atoms with van der Waals surface area (Å²) in [7, 11) is 2.00. The van der Waals surface area contributed by atoms with Crippen LogP contribution in [0.4, 0.5) is 5.69 Å². The van der Waals surface area contributed by atoms with Crippen molar-refractivity contribution in [2.75, 3.05) is 12.2 Å². The lowest BCUT2D eigenvalue weighted by Gasteiger charge is -2.30. The number of hydrogen-bond donors (Lipinski definition) is 1. The van der Waals surface area contributed by atoms with Crippen LogP contribution in [-0.2, 0) is 11.8 Å². The fourth-order valence-corrected chi connectivity index (χ4v) is 3.06. The monoisotopic (exact) mass is 311 g/mol. The summed E-state index contributed by atoms with van der Waals surface area (Å²) >= 11 is 0. The molecular weight excluding hydrogens is 286 g/mol. The molecule has 122 valence electrons. The quantitative estimate of drug-likeness (QED) is 0.903. The largest absolute Gasteiger partial charge is 0.505 e. The lowest BCUT2D eigenvalue weighted by Crippen LogP contribution is -2.39. The summed E-state index contributed by atoms with van der Waals surface area (Å²) in [6.45, 7) is 8.50. The highest BCUT2D eigenvalue weighted by Crippen LogP contribution is 2.41. The summed E-state index contributed by atoms with van der Waals surface area (Å²) in [5.41, 5.74) is 3.79. The van der Waals surface area contributed by atoms with E-state index in [0.717, 1.165) is 23.4 Å². The van der Waals surface area contributed by atoms with E-state index in [0.29, 0.717) is 5.75 Å². The van der Waals surface area contributed by atoms with Gasteiger partial charge in [-0.25, -0.2) is 0 Å². The molecule has 1 aliphatic heterocycles. The first-order valence-corrected chi connectivity index (χ1v) is 8.15. The van der Waals surface area contributed by atoms with Crippen LogP contribution in [0.25, 0.3) is 0 Å². The highest BCUT2D eigenvalue weighted by molar-refractivity contribution is 6.03. The van der Waals surface area contributed by atoms with Gasteiger partial charge in [-0.2, -0.15) is 15.2 Å². The Morgan fingerprint density at radius 1 is 1.22 bits per heavy atom. The third-order valence-electron chi connectivity index (χ3n) is 4.47. The molecule has 4 heteroatoms. The lowest BCUT2D eigenvalue weighted by molar-refractivity contribution is 0.326. The first-order valence-electron chi connectivity index (χ1n) is 8.15. The number of fused-ring (bicyclic) bond motifs is 1. The minimum absolute atomic E-state index is 0.123. The number of likely N-dealkylation sites (N-methyl/N-ethyl adjacent to an activating group) is 1. The van der Waals surface area contributed by atoms with Gasteiger partial charge in [0.1, 0.15) is 11.4 Å². The summed E-state index contributed by atoms with van der Waals surface area (Å²) in [6, 6.07) is 4.27. The molecule has 0 saturated heterocycles. The molecule has 1 heterocycles. The molecule has 1 atom stereocenters. The van der Waals surface area contributed by atoms with E-state index in [1.54, 1.807) is 0 Å². The first kappa shape index (κ1) is 15.8. The minimum atomic E-state index is -0.123. The summed E-state index contributed by atoms with van der Waals surface area (Å²) in [6.07, 6.45) is 9.09. The SMILES string of the molecule is CCc1cc(N2N=C3C=CC=CC3N2C)c(O)c(C(C)(C)C)c1. The van der Waals surface area contributed by atoms with Gasteiger partial charge in [-0.1, -0.05) is 52.0 Å². The molecule has 0 fully saturated rings. The van der Waals surface area contributed by atoms with E-state index in [2.05, 4.69) is 44.8 Å². The number of aromatic hydroxyl groups is 1. The summed E-state index contributed by atoms with van der Waals surface area (Å²) in [4.78, 5) is 0. The van der Waals surface area contributed by atoms with Gasteiger partial charge in [0.2, 0.25) is 0 Å². The second-order valence-electron chi connectivity index (χ2n) is 7.19. The van der Waals surface area contributed by atoms with Gasteiger partial charge in [0.05, 0.1) is 11.8 Å². The molecule has 2 aliphatic rings. The number of phenols is 1. The van der Waals surface area contributed by atoms with Crippen LogP contribution in [0.2, 0.25) is 0 Å². The third-order valence-corrected chi connectivity index (χ3v) is 4.47. The van der Waals surface area contributed by atoms with Crippen LogP contribution >= 0.6 is 0 Å². The minimum Gasteiger partial charge on any atom is -0.505 e. The van der Waals surface area contributed by atoms with Gasteiger partial charge in [-0.3, -0.25) is 0 Å². The topological polar surface area (TPSA) is 39.1 Å². The molecule has 1 aromatic rings. The van der Waals surface area contributed by atoms with Crippen molar-refractivity contribution in [1.82, 2.24) is 5.01 Å². The summed E-state index contributed by atoms with van der Waals surface area (Å²) in [5, 5.41) is 19.5. The van der Waals surface area contributed by atoms with E-state index in [-0.39, 0.29) is 11.5 Å². The van der Waals surface area contributed by atoms with Crippen LogP contribution in [-0.4, -0.2) is 28.9 Å². The Balaban J connectivity index is 2.11.